The predicted molar refractivity (Wildman–Crippen MR) is 261 cm³/mol. The number of hydrogen-bond donors (Lipinski definition) is 0. The zero-order valence-corrected chi connectivity index (χ0v) is 35.5. The van der Waals surface area contributed by atoms with Crippen LogP contribution < -0.4 is 14.4 Å². The molecule has 0 saturated carbocycles. The molecule has 0 bridgehead atoms. The third kappa shape index (κ3) is 4.74. The van der Waals surface area contributed by atoms with E-state index in [0.29, 0.717) is 5.75 Å². The van der Waals surface area contributed by atoms with Crippen LogP contribution in [0, 0.1) is 0 Å². The van der Waals surface area contributed by atoms with Gasteiger partial charge >= 0.3 is 0 Å². The van der Waals surface area contributed by atoms with Crippen LogP contribution in [0.25, 0.3) is 27.8 Å². The first-order valence-corrected chi connectivity index (χ1v) is 22.7. The number of para-hydroxylation sites is 2. The summed E-state index contributed by atoms with van der Waals surface area (Å²) in [6, 6.07) is 81.8. The average Bonchev–Trinajstić information content (AvgIpc) is 3.98. The zero-order valence-electron chi connectivity index (χ0n) is 35.5. The summed E-state index contributed by atoms with van der Waals surface area (Å²) in [5.74, 6) is 3.13. The van der Waals surface area contributed by atoms with E-state index in [-0.39, 0.29) is 0 Å². The molecule has 0 aromatic heterocycles. The van der Waals surface area contributed by atoms with E-state index in [4.69, 9.17) is 9.47 Å². The number of anilines is 3. The van der Waals surface area contributed by atoms with E-state index in [1.807, 2.05) is 0 Å². The van der Waals surface area contributed by atoms with Gasteiger partial charge in [-0.25, -0.2) is 0 Å². The standard InChI is InChI=1S/C62H41NO2/c1-4-20-40(21-5-1)61(41-22-6-2-7-23-41)49-32-16-12-28-45(49)57-51(61)34-18-35-53(57)63(42-24-8-3-9-25-42)54-36-19-37-55-59(54)64-56-39-38-52-58(60(56)65-55)46-29-13-17-33-50(46)62(52)47-30-14-10-26-43(47)44-27-11-15-31-48(44)62/h1-37H,38-39H2. The molecule has 9 aromatic rings. The van der Waals surface area contributed by atoms with E-state index in [2.05, 4.69) is 229 Å². The third-order valence-corrected chi connectivity index (χ3v) is 14.7. The molecule has 0 atom stereocenters. The first-order chi connectivity index (χ1) is 32.3. The number of benzene rings is 9. The predicted octanol–water partition coefficient (Wildman–Crippen LogP) is 15.1. The molecule has 1 heterocycles. The minimum Gasteiger partial charge on any atom is -0.452 e. The van der Waals surface area contributed by atoms with E-state index in [0.717, 1.165) is 47.2 Å². The van der Waals surface area contributed by atoms with Crippen molar-refractivity contribution in [3.63, 3.8) is 0 Å². The molecule has 1 spiro atoms. The van der Waals surface area contributed by atoms with Gasteiger partial charge in [0.15, 0.2) is 17.3 Å². The highest BCUT2D eigenvalue weighted by Gasteiger charge is 2.55. The fourth-order valence-electron chi connectivity index (χ4n) is 12.4. The lowest BCUT2D eigenvalue weighted by Gasteiger charge is -2.36. The number of nitrogens with zero attached hydrogens (tertiary/aromatic N) is 1. The summed E-state index contributed by atoms with van der Waals surface area (Å²) in [7, 11) is 0. The summed E-state index contributed by atoms with van der Waals surface area (Å²) in [6.45, 7) is 0. The Hall–Kier alpha value is -8.14. The van der Waals surface area contributed by atoms with Gasteiger partial charge in [-0.1, -0.05) is 194 Å². The molecule has 0 unspecified atom stereocenters. The number of rotatable bonds is 5. The van der Waals surface area contributed by atoms with Gasteiger partial charge in [0.1, 0.15) is 5.76 Å². The molecule has 14 rings (SSSR count). The van der Waals surface area contributed by atoms with Gasteiger partial charge in [0, 0.05) is 23.2 Å². The van der Waals surface area contributed by atoms with Crippen LogP contribution >= 0.6 is 0 Å². The topological polar surface area (TPSA) is 21.7 Å². The molecule has 0 N–H and O–H groups in total. The molecule has 1 aliphatic heterocycles. The highest BCUT2D eigenvalue weighted by atomic mass is 16.6. The monoisotopic (exact) mass is 831 g/mol. The molecule has 3 heteroatoms. The van der Waals surface area contributed by atoms with Crippen LogP contribution in [0.1, 0.15) is 57.3 Å². The van der Waals surface area contributed by atoms with Crippen LogP contribution in [0.2, 0.25) is 0 Å². The summed E-state index contributed by atoms with van der Waals surface area (Å²) in [4.78, 5) is 2.38. The number of allylic oxidation sites excluding steroid dienone is 3. The smallest absolute Gasteiger partial charge is 0.193 e. The average molecular weight is 832 g/mol. The van der Waals surface area contributed by atoms with E-state index in [1.54, 1.807) is 0 Å². The molecule has 0 saturated heterocycles. The van der Waals surface area contributed by atoms with Gasteiger partial charge in [-0.3, -0.25) is 0 Å². The molecule has 0 radical (unpaired) electrons. The second kappa shape index (κ2) is 13.7. The highest BCUT2D eigenvalue weighted by molar-refractivity contribution is 6.01. The first-order valence-electron chi connectivity index (χ1n) is 22.7. The quantitative estimate of drug-likeness (QED) is 0.172. The van der Waals surface area contributed by atoms with Crippen molar-refractivity contribution in [2.75, 3.05) is 4.90 Å². The van der Waals surface area contributed by atoms with Crippen molar-refractivity contribution in [2.24, 2.45) is 0 Å². The maximum Gasteiger partial charge on any atom is 0.193 e. The van der Waals surface area contributed by atoms with Crippen LogP contribution in [-0.2, 0) is 10.8 Å². The second-order valence-corrected chi connectivity index (χ2v) is 17.7. The summed E-state index contributed by atoms with van der Waals surface area (Å²) in [5, 5.41) is 0. The van der Waals surface area contributed by atoms with Crippen molar-refractivity contribution in [2.45, 2.75) is 23.7 Å². The Bertz CT molecular complexity index is 3410. The van der Waals surface area contributed by atoms with Crippen molar-refractivity contribution in [1.82, 2.24) is 0 Å². The maximum absolute atomic E-state index is 7.35. The summed E-state index contributed by atoms with van der Waals surface area (Å²) in [5.41, 5.74) is 19.9. The second-order valence-electron chi connectivity index (χ2n) is 17.7. The molecule has 5 aliphatic rings. The van der Waals surface area contributed by atoms with Crippen molar-refractivity contribution >= 4 is 22.6 Å². The van der Waals surface area contributed by atoms with Crippen molar-refractivity contribution in [3.05, 3.63) is 286 Å². The van der Waals surface area contributed by atoms with Gasteiger partial charge in [-0.2, -0.15) is 0 Å². The van der Waals surface area contributed by atoms with Crippen LogP contribution in [0.15, 0.2) is 242 Å². The maximum atomic E-state index is 7.35. The van der Waals surface area contributed by atoms with Crippen molar-refractivity contribution in [3.8, 4) is 33.8 Å². The number of ether oxygens (including phenoxy) is 2. The lowest BCUT2D eigenvalue weighted by molar-refractivity contribution is 0.292. The van der Waals surface area contributed by atoms with Crippen LogP contribution in [0.5, 0.6) is 11.5 Å². The van der Waals surface area contributed by atoms with Crippen molar-refractivity contribution in [1.29, 1.82) is 0 Å². The summed E-state index contributed by atoms with van der Waals surface area (Å²) in [6.07, 6.45) is 1.57. The zero-order chi connectivity index (χ0) is 42.7. The summed E-state index contributed by atoms with van der Waals surface area (Å²) < 4.78 is 14.7. The molecule has 306 valence electrons. The molecule has 9 aromatic carbocycles. The molecular formula is C62H41NO2. The lowest BCUT2D eigenvalue weighted by atomic mass is 9.68. The Morgan fingerprint density at radius 2 is 0.862 bits per heavy atom. The van der Waals surface area contributed by atoms with Crippen LogP contribution in [-0.4, -0.2) is 0 Å². The SMILES string of the molecule is c1ccc(N(c2cccc3c2OC2=C(O3)C3=C(CC2)C2(c4ccccc43)c3ccccc3-c3ccccc32)c2cccc3c2-c2ccccc2C3(c2ccccc2)c2ccccc2)cc1. The van der Waals surface area contributed by atoms with Gasteiger partial charge in [0.25, 0.3) is 0 Å². The Kier molecular flexibility index (Phi) is 7.65. The third-order valence-electron chi connectivity index (χ3n) is 14.7. The summed E-state index contributed by atoms with van der Waals surface area (Å²) >= 11 is 0. The largest absolute Gasteiger partial charge is 0.452 e. The van der Waals surface area contributed by atoms with Gasteiger partial charge in [-0.05, 0) is 104 Å². The minimum absolute atomic E-state index is 0.397. The minimum atomic E-state index is -0.537. The Morgan fingerprint density at radius 3 is 1.51 bits per heavy atom. The molecule has 65 heavy (non-hydrogen) atoms. The van der Waals surface area contributed by atoms with E-state index in [9.17, 15) is 0 Å². The van der Waals surface area contributed by atoms with Crippen molar-refractivity contribution < 1.29 is 9.47 Å². The van der Waals surface area contributed by atoms with E-state index in [1.165, 1.54) is 77.9 Å². The lowest BCUT2D eigenvalue weighted by Crippen LogP contribution is -2.29. The van der Waals surface area contributed by atoms with E-state index >= 15 is 0 Å². The highest BCUT2D eigenvalue weighted by Crippen LogP contribution is 2.66. The van der Waals surface area contributed by atoms with Crippen LogP contribution in [0.4, 0.5) is 17.1 Å². The molecule has 0 amide bonds. The first kappa shape index (κ1) is 36.4. The fourth-order valence-corrected chi connectivity index (χ4v) is 12.4. The Morgan fingerprint density at radius 1 is 0.369 bits per heavy atom. The number of hydrogen-bond acceptors (Lipinski definition) is 3. The van der Waals surface area contributed by atoms with Gasteiger partial charge in [0.05, 0.1) is 22.2 Å². The Labute approximate surface area is 378 Å². The fraction of sp³-hybridized carbons (Fsp3) is 0.0645. The molecule has 0 fully saturated rings. The number of fused-ring (bicyclic) bond motifs is 14. The molecule has 4 aliphatic carbocycles. The van der Waals surface area contributed by atoms with Gasteiger partial charge in [0.2, 0.25) is 0 Å². The molecular weight excluding hydrogens is 791 g/mol. The molecule has 3 nitrogen and oxygen atoms in total. The van der Waals surface area contributed by atoms with E-state index < -0.39 is 10.8 Å². The van der Waals surface area contributed by atoms with Gasteiger partial charge < -0.3 is 14.4 Å². The van der Waals surface area contributed by atoms with Gasteiger partial charge in [-0.15, -0.1) is 0 Å². The normalized spacial score (nSPS) is 15.9. The van der Waals surface area contributed by atoms with Crippen LogP contribution in [0.3, 0.4) is 0 Å². The Balaban J connectivity index is 0.969.